The summed E-state index contributed by atoms with van der Waals surface area (Å²) < 4.78 is 5.85. The first-order valence-corrected chi connectivity index (χ1v) is 9.18. The van der Waals surface area contributed by atoms with Crippen molar-refractivity contribution in [3.63, 3.8) is 0 Å². The van der Waals surface area contributed by atoms with Crippen LogP contribution in [0.15, 0.2) is 73.6 Å². The first-order valence-electron chi connectivity index (χ1n) is 9.18. The van der Waals surface area contributed by atoms with E-state index in [0.29, 0.717) is 34.9 Å². The summed E-state index contributed by atoms with van der Waals surface area (Å²) in [6.07, 6.45) is 4.96. The molecule has 0 saturated heterocycles. The molecule has 30 heavy (non-hydrogen) atoms. The fourth-order valence-electron chi connectivity index (χ4n) is 2.99. The molecule has 4 aromatic rings. The molecule has 2 aromatic heterocycles. The SMILES string of the molecule is C=CC(=O)Nc1cccc(Oc2cnc3[nH]cc(-c4ccc(CC#N)cc4)c3n2)c1. The van der Waals surface area contributed by atoms with Gasteiger partial charge in [-0.2, -0.15) is 5.26 Å². The van der Waals surface area contributed by atoms with E-state index in [1.54, 1.807) is 24.3 Å². The van der Waals surface area contributed by atoms with Crippen LogP contribution >= 0.6 is 0 Å². The molecule has 0 saturated carbocycles. The zero-order valence-corrected chi connectivity index (χ0v) is 15.9. The fourth-order valence-corrected chi connectivity index (χ4v) is 2.99. The molecule has 2 N–H and O–H groups in total. The number of carbonyl (C=O) groups excluding carboxylic acids is 1. The van der Waals surface area contributed by atoms with Crippen molar-refractivity contribution in [2.75, 3.05) is 5.32 Å². The highest BCUT2D eigenvalue weighted by atomic mass is 16.5. The summed E-state index contributed by atoms with van der Waals surface area (Å²) in [6.45, 7) is 3.44. The number of amides is 1. The van der Waals surface area contributed by atoms with Gasteiger partial charge in [0.25, 0.3) is 0 Å². The Morgan fingerprint density at radius 3 is 2.87 bits per heavy atom. The van der Waals surface area contributed by atoms with Crippen LogP contribution in [0, 0.1) is 11.3 Å². The lowest BCUT2D eigenvalue weighted by Gasteiger charge is -2.07. The Labute approximate surface area is 172 Å². The molecule has 1 amide bonds. The Bertz CT molecular complexity index is 1270. The molecule has 0 aliphatic heterocycles. The minimum Gasteiger partial charge on any atom is -0.437 e. The molecule has 2 heterocycles. The van der Waals surface area contributed by atoms with Crippen LogP contribution in [0.3, 0.4) is 0 Å². The number of ether oxygens (including phenoxy) is 1. The van der Waals surface area contributed by atoms with Crippen LogP contribution < -0.4 is 10.1 Å². The van der Waals surface area contributed by atoms with Crippen LogP contribution in [0.25, 0.3) is 22.3 Å². The standard InChI is InChI=1S/C23H17N5O2/c1-2-20(29)27-17-4-3-5-18(12-17)30-21-14-26-23-22(28-21)19(13-25-23)16-8-6-15(7-9-16)10-11-24/h2-9,12-14H,1,10H2,(H,25,26)(H,27,29). The Morgan fingerprint density at radius 2 is 2.10 bits per heavy atom. The van der Waals surface area contributed by atoms with Gasteiger partial charge >= 0.3 is 0 Å². The molecular formula is C23H17N5O2. The molecule has 0 atom stereocenters. The molecule has 0 aliphatic rings. The fraction of sp³-hybridized carbons (Fsp3) is 0.0435. The quantitative estimate of drug-likeness (QED) is 0.464. The lowest BCUT2D eigenvalue weighted by Crippen LogP contribution is -2.07. The summed E-state index contributed by atoms with van der Waals surface area (Å²) in [6, 6.07) is 16.9. The summed E-state index contributed by atoms with van der Waals surface area (Å²) in [5, 5.41) is 11.5. The van der Waals surface area contributed by atoms with E-state index in [1.807, 2.05) is 30.5 Å². The maximum absolute atomic E-state index is 11.5. The zero-order chi connectivity index (χ0) is 20.9. The predicted molar refractivity (Wildman–Crippen MR) is 114 cm³/mol. The van der Waals surface area contributed by atoms with E-state index < -0.39 is 0 Å². The number of benzene rings is 2. The van der Waals surface area contributed by atoms with E-state index >= 15 is 0 Å². The largest absolute Gasteiger partial charge is 0.437 e. The second-order valence-corrected chi connectivity index (χ2v) is 6.46. The number of nitriles is 1. The smallest absolute Gasteiger partial charge is 0.247 e. The number of aromatic nitrogens is 3. The van der Waals surface area contributed by atoms with Crippen molar-refractivity contribution >= 4 is 22.8 Å². The average molecular weight is 395 g/mol. The number of aromatic amines is 1. The number of anilines is 1. The molecule has 7 heteroatoms. The number of fused-ring (bicyclic) bond motifs is 1. The number of carbonyl (C=O) groups is 1. The lowest BCUT2D eigenvalue weighted by molar-refractivity contribution is -0.111. The third-order valence-corrected chi connectivity index (χ3v) is 4.42. The minimum atomic E-state index is -0.300. The summed E-state index contributed by atoms with van der Waals surface area (Å²) in [4.78, 5) is 23.6. The normalized spacial score (nSPS) is 10.4. The number of nitrogens with one attached hydrogen (secondary N) is 2. The van der Waals surface area contributed by atoms with Gasteiger partial charge in [0.05, 0.1) is 18.7 Å². The highest BCUT2D eigenvalue weighted by Crippen LogP contribution is 2.29. The molecule has 4 rings (SSSR count). The molecule has 0 fully saturated rings. The zero-order valence-electron chi connectivity index (χ0n) is 15.9. The van der Waals surface area contributed by atoms with Gasteiger partial charge in [-0.3, -0.25) is 4.79 Å². The molecule has 2 aromatic carbocycles. The molecule has 0 bridgehead atoms. The average Bonchev–Trinajstić information content (AvgIpc) is 3.18. The van der Waals surface area contributed by atoms with Crippen LogP contribution in [0.4, 0.5) is 5.69 Å². The van der Waals surface area contributed by atoms with Crippen molar-refractivity contribution in [1.29, 1.82) is 5.26 Å². The Balaban J connectivity index is 1.62. The molecule has 0 spiro atoms. The molecule has 0 radical (unpaired) electrons. The first-order chi connectivity index (χ1) is 14.7. The Morgan fingerprint density at radius 1 is 1.27 bits per heavy atom. The Hall–Kier alpha value is -4.44. The lowest BCUT2D eigenvalue weighted by atomic mass is 10.0. The molecule has 7 nitrogen and oxygen atoms in total. The van der Waals surface area contributed by atoms with Gasteiger partial charge in [0.2, 0.25) is 11.8 Å². The monoisotopic (exact) mass is 395 g/mol. The van der Waals surface area contributed by atoms with Gasteiger partial charge in [-0.15, -0.1) is 0 Å². The van der Waals surface area contributed by atoms with Crippen molar-refractivity contribution in [1.82, 2.24) is 15.0 Å². The van der Waals surface area contributed by atoms with Gasteiger partial charge in [-0.05, 0) is 29.3 Å². The number of hydrogen-bond donors (Lipinski definition) is 2. The number of nitrogens with zero attached hydrogens (tertiary/aromatic N) is 3. The topological polar surface area (TPSA) is 104 Å². The summed E-state index contributed by atoms with van der Waals surface area (Å²) in [5.74, 6) is 0.547. The number of rotatable bonds is 6. The third kappa shape index (κ3) is 4.03. The summed E-state index contributed by atoms with van der Waals surface area (Å²) in [7, 11) is 0. The van der Waals surface area contributed by atoms with E-state index in [9.17, 15) is 4.79 Å². The van der Waals surface area contributed by atoms with Crippen LogP contribution in [-0.4, -0.2) is 20.9 Å². The van der Waals surface area contributed by atoms with Crippen LogP contribution in [0.5, 0.6) is 11.6 Å². The van der Waals surface area contributed by atoms with Crippen molar-refractivity contribution < 1.29 is 9.53 Å². The van der Waals surface area contributed by atoms with Crippen LogP contribution in [-0.2, 0) is 11.2 Å². The molecule has 146 valence electrons. The highest BCUT2D eigenvalue weighted by molar-refractivity contribution is 5.99. The van der Waals surface area contributed by atoms with Gasteiger partial charge in [0.1, 0.15) is 11.3 Å². The predicted octanol–water partition coefficient (Wildman–Crippen LogP) is 4.61. The highest BCUT2D eigenvalue weighted by Gasteiger charge is 2.11. The Kier molecular flexibility index (Phi) is 5.22. The van der Waals surface area contributed by atoms with Gasteiger partial charge in [-0.1, -0.05) is 36.9 Å². The summed E-state index contributed by atoms with van der Waals surface area (Å²) in [5.41, 5.74) is 4.72. The number of hydrogen-bond acceptors (Lipinski definition) is 5. The van der Waals surface area contributed by atoms with Gasteiger partial charge in [0.15, 0.2) is 5.65 Å². The van der Waals surface area contributed by atoms with Gasteiger partial charge < -0.3 is 15.0 Å². The van der Waals surface area contributed by atoms with E-state index in [1.165, 1.54) is 12.3 Å². The van der Waals surface area contributed by atoms with Crippen molar-refractivity contribution in [2.45, 2.75) is 6.42 Å². The van der Waals surface area contributed by atoms with Crippen molar-refractivity contribution in [2.24, 2.45) is 0 Å². The van der Waals surface area contributed by atoms with Crippen LogP contribution in [0.1, 0.15) is 5.56 Å². The second-order valence-electron chi connectivity index (χ2n) is 6.46. The van der Waals surface area contributed by atoms with E-state index in [2.05, 4.69) is 32.9 Å². The number of H-pyrrole nitrogens is 1. The maximum atomic E-state index is 11.5. The molecular weight excluding hydrogens is 378 g/mol. The third-order valence-electron chi connectivity index (χ3n) is 4.42. The van der Waals surface area contributed by atoms with Crippen molar-refractivity contribution in [3.8, 4) is 28.8 Å². The van der Waals surface area contributed by atoms with Crippen LogP contribution in [0.2, 0.25) is 0 Å². The maximum Gasteiger partial charge on any atom is 0.247 e. The van der Waals surface area contributed by atoms with E-state index in [4.69, 9.17) is 10.00 Å². The van der Waals surface area contributed by atoms with E-state index in [0.717, 1.165) is 16.7 Å². The molecule has 0 aliphatic carbocycles. The van der Waals surface area contributed by atoms with Gasteiger partial charge in [-0.25, -0.2) is 9.97 Å². The van der Waals surface area contributed by atoms with Gasteiger partial charge in [0, 0.05) is 23.5 Å². The molecule has 0 unspecified atom stereocenters. The summed E-state index contributed by atoms with van der Waals surface area (Å²) >= 11 is 0. The minimum absolute atomic E-state index is 0.300. The first kappa shape index (κ1) is 18.9. The second kappa shape index (κ2) is 8.29. The van der Waals surface area contributed by atoms with E-state index in [-0.39, 0.29) is 5.91 Å². The van der Waals surface area contributed by atoms with Crippen molar-refractivity contribution in [3.05, 3.63) is 79.1 Å².